The summed E-state index contributed by atoms with van der Waals surface area (Å²) in [4.78, 5) is 48.4. The Balaban J connectivity index is 2.07. The SMILES string of the molecule is CCn1c(N2CCC[C@@H](N)C2)c(C(=O)N(C)C)c2c1c(=O)n(Cc1ncccc1C#N)c(=O)n2C. The second-order valence-electron chi connectivity index (χ2n) is 9.03. The van der Waals surface area contributed by atoms with Crippen LogP contribution in [0.4, 0.5) is 5.82 Å². The second-order valence-corrected chi connectivity index (χ2v) is 9.03. The summed E-state index contributed by atoms with van der Waals surface area (Å²) in [6.45, 7) is 3.41. The molecule has 0 bridgehead atoms. The normalized spacial score (nSPS) is 15.9. The lowest BCUT2D eigenvalue weighted by Crippen LogP contribution is -2.44. The zero-order valence-corrected chi connectivity index (χ0v) is 20.5. The lowest BCUT2D eigenvalue weighted by molar-refractivity contribution is 0.0829. The van der Waals surface area contributed by atoms with E-state index in [0.29, 0.717) is 47.8 Å². The van der Waals surface area contributed by atoms with Crippen molar-refractivity contribution in [2.45, 2.75) is 38.9 Å². The first kappa shape index (κ1) is 24.2. The summed E-state index contributed by atoms with van der Waals surface area (Å²) in [5, 5.41) is 9.44. The summed E-state index contributed by atoms with van der Waals surface area (Å²) in [5.41, 5.74) is 6.65. The van der Waals surface area contributed by atoms with Gasteiger partial charge in [-0.25, -0.2) is 4.79 Å². The van der Waals surface area contributed by atoms with Crippen LogP contribution in [-0.4, -0.2) is 62.7 Å². The summed E-state index contributed by atoms with van der Waals surface area (Å²) >= 11 is 0. The first-order valence-corrected chi connectivity index (χ1v) is 11.6. The number of carbonyl (C=O) groups excluding carboxylic acids is 1. The first-order valence-electron chi connectivity index (χ1n) is 11.6. The molecular formula is C24H30N8O3. The van der Waals surface area contributed by atoms with Gasteiger partial charge in [0, 0.05) is 53.0 Å². The lowest BCUT2D eigenvalue weighted by atomic mass is 10.1. The van der Waals surface area contributed by atoms with Gasteiger partial charge in [-0.15, -0.1) is 0 Å². The smallest absolute Gasteiger partial charge is 0.331 e. The van der Waals surface area contributed by atoms with Crippen LogP contribution in [0.1, 0.15) is 41.4 Å². The van der Waals surface area contributed by atoms with E-state index in [1.54, 1.807) is 33.3 Å². The molecule has 3 aromatic rings. The van der Waals surface area contributed by atoms with Gasteiger partial charge in [-0.3, -0.25) is 23.7 Å². The number of fused-ring (bicyclic) bond motifs is 1. The molecule has 0 radical (unpaired) electrons. The number of aromatic nitrogens is 4. The van der Waals surface area contributed by atoms with Crippen molar-refractivity contribution in [3.05, 3.63) is 56.0 Å². The van der Waals surface area contributed by atoms with E-state index in [2.05, 4.69) is 16.0 Å². The van der Waals surface area contributed by atoms with E-state index in [1.807, 2.05) is 11.5 Å². The fraction of sp³-hybridized carbons (Fsp3) is 0.458. The topological polar surface area (TPSA) is 135 Å². The third-order valence-electron chi connectivity index (χ3n) is 6.52. The van der Waals surface area contributed by atoms with Crippen molar-refractivity contribution in [1.29, 1.82) is 5.26 Å². The third-order valence-corrected chi connectivity index (χ3v) is 6.52. The number of hydrogen-bond donors (Lipinski definition) is 1. The standard InChI is InChI=1S/C24H30N8O3/c1-5-31-20-19(18(22(33)28(2)3)21(31)30-11-7-9-16(26)13-30)29(4)24(35)32(23(20)34)14-17-15(12-25)8-6-10-27-17/h6,8,10,16H,5,7,9,11,13-14,26H2,1-4H3/t16-/m1/s1. The highest BCUT2D eigenvalue weighted by Crippen LogP contribution is 2.33. The highest BCUT2D eigenvalue weighted by atomic mass is 16.2. The predicted molar refractivity (Wildman–Crippen MR) is 133 cm³/mol. The van der Waals surface area contributed by atoms with Crippen LogP contribution in [0.2, 0.25) is 0 Å². The van der Waals surface area contributed by atoms with Gasteiger partial charge in [-0.1, -0.05) is 0 Å². The largest absolute Gasteiger partial charge is 0.356 e. The number of rotatable bonds is 5. The van der Waals surface area contributed by atoms with Gasteiger partial charge in [0.15, 0.2) is 0 Å². The molecule has 0 spiro atoms. The minimum absolute atomic E-state index is 0.0524. The number of aryl methyl sites for hydroxylation is 2. The number of piperidine rings is 1. The monoisotopic (exact) mass is 478 g/mol. The molecule has 3 aromatic heterocycles. The quantitative estimate of drug-likeness (QED) is 0.563. The van der Waals surface area contributed by atoms with Crippen LogP contribution in [0.15, 0.2) is 27.9 Å². The van der Waals surface area contributed by atoms with Crippen molar-refractivity contribution in [1.82, 2.24) is 23.6 Å². The van der Waals surface area contributed by atoms with Crippen LogP contribution in [0.25, 0.3) is 11.0 Å². The maximum atomic E-state index is 13.8. The van der Waals surface area contributed by atoms with Gasteiger partial charge in [-0.05, 0) is 31.9 Å². The van der Waals surface area contributed by atoms with E-state index in [0.717, 1.165) is 17.4 Å². The predicted octanol–water partition coefficient (Wildman–Crippen LogP) is 0.466. The number of anilines is 1. The van der Waals surface area contributed by atoms with Gasteiger partial charge in [-0.2, -0.15) is 5.26 Å². The average molecular weight is 479 g/mol. The van der Waals surface area contributed by atoms with E-state index in [4.69, 9.17) is 5.73 Å². The Bertz CT molecular complexity index is 1460. The molecule has 11 nitrogen and oxygen atoms in total. The van der Waals surface area contributed by atoms with Crippen molar-refractivity contribution in [3.63, 3.8) is 0 Å². The molecule has 0 unspecified atom stereocenters. The molecule has 0 aliphatic carbocycles. The molecule has 1 aliphatic rings. The molecule has 1 amide bonds. The van der Waals surface area contributed by atoms with E-state index < -0.39 is 11.2 Å². The Morgan fingerprint density at radius 1 is 1.29 bits per heavy atom. The van der Waals surface area contributed by atoms with Crippen LogP contribution < -0.4 is 21.9 Å². The maximum Gasteiger partial charge on any atom is 0.331 e. The summed E-state index contributed by atoms with van der Waals surface area (Å²) in [6, 6.07) is 5.23. The van der Waals surface area contributed by atoms with Crippen molar-refractivity contribution in [2.75, 3.05) is 32.1 Å². The van der Waals surface area contributed by atoms with Gasteiger partial charge in [0.25, 0.3) is 11.5 Å². The number of carbonyl (C=O) groups is 1. The summed E-state index contributed by atoms with van der Waals surface area (Å²) < 4.78 is 4.24. The Morgan fingerprint density at radius 2 is 2.03 bits per heavy atom. The molecule has 1 aliphatic heterocycles. The Hall–Kier alpha value is -3.91. The fourth-order valence-corrected chi connectivity index (χ4v) is 4.84. The molecule has 1 atom stereocenters. The molecule has 4 rings (SSSR count). The molecule has 0 aromatic carbocycles. The van der Waals surface area contributed by atoms with E-state index in [9.17, 15) is 19.6 Å². The molecule has 184 valence electrons. The molecule has 4 heterocycles. The number of pyridine rings is 1. The molecule has 1 fully saturated rings. The minimum Gasteiger partial charge on any atom is -0.356 e. The molecule has 35 heavy (non-hydrogen) atoms. The fourth-order valence-electron chi connectivity index (χ4n) is 4.84. The number of amides is 1. The lowest BCUT2D eigenvalue weighted by Gasteiger charge is -2.34. The molecule has 1 saturated heterocycles. The van der Waals surface area contributed by atoms with Crippen molar-refractivity contribution < 1.29 is 4.79 Å². The van der Waals surface area contributed by atoms with Crippen LogP contribution in [0, 0.1) is 11.3 Å². The van der Waals surface area contributed by atoms with Gasteiger partial charge in [0.05, 0.1) is 23.3 Å². The number of nitriles is 1. The van der Waals surface area contributed by atoms with Crippen LogP contribution in [-0.2, 0) is 20.1 Å². The van der Waals surface area contributed by atoms with Crippen molar-refractivity contribution in [2.24, 2.45) is 12.8 Å². The van der Waals surface area contributed by atoms with E-state index in [-0.39, 0.29) is 24.0 Å². The Kier molecular flexibility index (Phi) is 6.49. The zero-order valence-electron chi connectivity index (χ0n) is 20.5. The second kappa shape index (κ2) is 9.38. The Morgan fingerprint density at radius 3 is 2.66 bits per heavy atom. The number of hydrogen-bond acceptors (Lipinski definition) is 7. The average Bonchev–Trinajstić information content (AvgIpc) is 3.20. The maximum absolute atomic E-state index is 13.8. The minimum atomic E-state index is -0.583. The van der Waals surface area contributed by atoms with Gasteiger partial charge in [0.1, 0.15) is 23.0 Å². The first-order chi connectivity index (χ1) is 16.7. The summed E-state index contributed by atoms with van der Waals surface area (Å²) in [6.07, 6.45) is 3.27. The van der Waals surface area contributed by atoms with Crippen molar-refractivity contribution >= 4 is 22.8 Å². The Labute approximate surface area is 202 Å². The number of nitrogens with two attached hydrogens (primary N) is 1. The van der Waals surface area contributed by atoms with Crippen LogP contribution in [0.5, 0.6) is 0 Å². The molecule has 2 N–H and O–H groups in total. The number of nitrogens with zero attached hydrogens (tertiary/aromatic N) is 7. The van der Waals surface area contributed by atoms with Crippen LogP contribution >= 0.6 is 0 Å². The third kappa shape index (κ3) is 4.00. The van der Waals surface area contributed by atoms with Crippen LogP contribution in [0.3, 0.4) is 0 Å². The zero-order chi connectivity index (χ0) is 25.4. The molecular weight excluding hydrogens is 448 g/mol. The summed E-state index contributed by atoms with van der Waals surface area (Å²) in [7, 11) is 4.85. The molecule has 11 heteroatoms. The van der Waals surface area contributed by atoms with Gasteiger partial charge >= 0.3 is 5.69 Å². The molecule has 0 saturated carbocycles. The highest BCUT2D eigenvalue weighted by Gasteiger charge is 2.33. The van der Waals surface area contributed by atoms with Crippen molar-refractivity contribution in [3.8, 4) is 6.07 Å². The van der Waals surface area contributed by atoms with E-state index >= 15 is 0 Å². The van der Waals surface area contributed by atoms with E-state index in [1.165, 1.54) is 15.7 Å². The summed E-state index contributed by atoms with van der Waals surface area (Å²) in [5.74, 6) is 0.316. The van der Waals surface area contributed by atoms with Gasteiger partial charge in [0.2, 0.25) is 0 Å². The van der Waals surface area contributed by atoms with Gasteiger partial charge < -0.3 is 20.1 Å². The highest BCUT2D eigenvalue weighted by molar-refractivity contribution is 6.10.